The second-order valence-electron chi connectivity index (χ2n) is 4.38. The molecule has 0 aliphatic rings. The second kappa shape index (κ2) is 6.21. The fraction of sp³-hybridized carbons (Fsp3) is 0.615. The Balaban J connectivity index is 2.87. The molecule has 0 fully saturated rings. The quantitative estimate of drug-likeness (QED) is 0.825. The van der Waals surface area contributed by atoms with Gasteiger partial charge in [0.25, 0.3) is 0 Å². The number of hydrogen-bond acceptors (Lipinski definition) is 2. The Hall–Kier alpha value is -0.600. The van der Waals surface area contributed by atoms with Gasteiger partial charge in [-0.2, -0.15) is 0 Å². The molecule has 3 heteroatoms. The van der Waals surface area contributed by atoms with Crippen LogP contribution in [0.4, 0.5) is 0 Å². The minimum atomic E-state index is 0.305. The van der Waals surface area contributed by atoms with Crippen LogP contribution in [0, 0.1) is 5.41 Å². The monoisotopic (exact) mass is 240 g/mol. The van der Waals surface area contributed by atoms with Gasteiger partial charge in [0.2, 0.25) is 0 Å². The van der Waals surface area contributed by atoms with Gasteiger partial charge in [-0.15, -0.1) is 0 Å². The van der Waals surface area contributed by atoms with Crippen molar-refractivity contribution in [1.29, 1.82) is 0 Å². The number of nitrogens with one attached hydrogen (secondary N) is 1. The van der Waals surface area contributed by atoms with Crippen LogP contribution in [0.5, 0.6) is 0 Å². The highest BCUT2D eigenvalue weighted by Gasteiger charge is 2.26. The van der Waals surface area contributed by atoms with Crippen molar-refractivity contribution in [2.24, 2.45) is 5.41 Å². The zero-order valence-electron chi connectivity index (χ0n) is 10.4. The number of pyridine rings is 1. The van der Waals surface area contributed by atoms with E-state index in [1.807, 2.05) is 19.3 Å². The molecule has 1 aromatic rings. The van der Waals surface area contributed by atoms with Crippen LogP contribution in [0.3, 0.4) is 0 Å². The van der Waals surface area contributed by atoms with Crippen molar-refractivity contribution >= 4 is 11.6 Å². The van der Waals surface area contributed by atoms with Crippen LogP contribution >= 0.6 is 11.6 Å². The number of aromatic nitrogens is 1. The first-order chi connectivity index (χ1) is 7.67. The molecule has 1 heterocycles. The Bertz CT molecular complexity index is 321. The normalized spacial score (nSPS) is 11.8. The van der Waals surface area contributed by atoms with Gasteiger partial charge in [0.05, 0.1) is 5.02 Å². The van der Waals surface area contributed by atoms with Crippen LogP contribution in [-0.4, -0.2) is 18.6 Å². The van der Waals surface area contributed by atoms with Crippen LogP contribution in [0.2, 0.25) is 5.02 Å². The molecule has 90 valence electrons. The van der Waals surface area contributed by atoms with Crippen molar-refractivity contribution in [3.63, 3.8) is 0 Å². The summed E-state index contributed by atoms with van der Waals surface area (Å²) >= 11 is 6.16. The molecule has 0 aromatic carbocycles. The molecule has 0 atom stereocenters. The van der Waals surface area contributed by atoms with Gasteiger partial charge in [-0.3, -0.25) is 4.98 Å². The molecule has 1 rings (SSSR count). The predicted octanol–water partition coefficient (Wildman–Crippen LogP) is 3.30. The number of rotatable bonds is 6. The van der Waals surface area contributed by atoms with Gasteiger partial charge in [-0.1, -0.05) is 25.4 Å². The Morgan fingerprint density at radius 3 is 2.56 bits per heavy atom. The summed E-state index contributed by atoms with van der Waals surface area (Å²) in [6, 6.07) is 2.03. The Morgan fingerprint density at radius 2 is 2.06 bits per heavy atom. The minimum absolute atomic E-state index is 0.305. The zero-order chi connectivity index (χ0) is 12.0. The van der Waals surface area contributed by atoms with Crippen molar-refractivity contribution in [3.05, 3.63) is 29.0 Å². The van der Waals surface area contributed by atoms with Crippen molar-refractivity contribution < 1.29 is 0 Å². The van der Waals surface area contributed by atoms with E-state index in [1.165, 1.54) is 5.56 Å². The highest BCUT2D eigenvalue weighted by molar-refractivity contribution is 6.31. The van der Waals surface area contributed by atoms with Crippen molar-refractivity contribution in [1.82, 2.24) is 10.3 Å². The fourth-order valence-corrected chi connectivity index (χ4v) is 2.33. The average molecular weight is 241 g/mol. The molecule has 0 aliphatic heterocycles. The average Bonchev–Trinajstić information content (AvgIpc) is 2.31. The molecule has 0 saturated carbocycles. The van der Waals surface area contributed by atoms with Crippen molar-refractivity contribution in [2.75, 3.05) is 13.6 Å². The van der Waals surface area contributed by atoms with E-state index in [2.05, 4.69) is 24.1 Å². The lowest BCUT2D eigenvalue weighted by Crippen LogP contribution is -2.33. The SMILES string of the molecule is CCC(CC)(CNC)Cc1ccncc1Cl. The maximum atomic E-state index is 6.16. The van der Waals surface area contributed by atoms with Crippen LogP contribution in [-0.2, 0) is 6.42 Å². The summed E-state index contributed by atoms with van der Waals surface area (Å²) in [5.41, 5.74) is 1.51. The minimum Gasteiger partial charge on any atom is -0.319 e. The third-order valence-corrected chi connectivity index (χ3v) is 3.81. The largest absolute Gasteiger partial charge is 0.319 e. The summed E-state index contributed by atoms with van der Waals surface area (Å²) in [5.74, 6) is 0. The van der Waals surface area contributed by atoms with E-state index in [0.717, 1.165) is 30.8 Å². The van der Waals surface area contributed by atoms with Gasteiger partial charge < -0.3 is 5.32 Å². The van der Waals surface area contributed by atoms with Crippen LogP contribution in [0.25, 0.3) is 0 Å². The van der Waals surface area contributed by atoms with E-state index >= 15 is 0 Å². The lowest BCUT2D eigenvalue weighted by molar-refractivity contribution is 0.253. The maximum absolute atomic E-state index is 6.16. The highest BCUT2D eigenvalue weighted by Crippen LogP contribution is 2.32. The van der Waals surface area contributed by atoms with E-state index in [0.29, 0.717) is 5.41 Å². The third kappa shape index (κ3) is 3.19. The summed E-state index contributed by atoms with van der Waals surface area (Å²) < 4.78 is 0. The summed E-state index contributed by atoms with van der Waals surface area (Å²) in [7, 11) is 2.01. The first-order valence-corrected chi connectivity index (χ1v) is 6.28. The molecule has 16 heavy (non-hydrogen) atoms. The van der Waals surface area contributed by atoms with Gasteiger partial charge in [0.15, 0.2) is 0 Å². The van der Waals surface area contributed by atoms with Gasteiger partial charge in [0, 0.05) is 18.9 Å². The molecule has 0 bridgehead atoms. The molecule has 1 aromatic heterocycles. The molecular formula is C13H21ClN2. The summed E-state index contributed by atoms with van der Waals surface area (Å²) in [4.78, 5) is 4.03. The second-order valence-corrected chi connectivity index (χ2v) is 4.79. The van der Waals surface area contributed by atoms with Gasteiger partial charge in [0.1, 0.15) is 0 Å². The molecule has 0 aliphatic carbocycles. The van der Waals surface area contributed by atoms with Crippen molar-refractivity contribution in [3.8, 4) is 0 Å². The summed E-state index contributed by atoms with van der Waals surface area (Å²) in [5, 5.41) is 4.07. The molecule has 0 radical (unpaired) electrons. The number of nitrogens with zero attached hydrogens (tertiary/aromatic N) is 1. The predicted molar refractivity (Wildman–Crippen MR) is 69.9 cm³/mol. The van der Waals surface area contributed by atoms with E-state index in [9.17, 15) is 0 Å². The van der Waals surface area contributed by atoms with Gasteiger partial charge in [-0.25, -0.2) is 0 Å². The molecule has 0 amide bonds. The Labute approximate surface area is 103 Å². The summed E-state index contributed by atoms with van der Waals surface area (Å²) in [6.45, 7) is 5.52. The number of halogens is 1. The molecule has 0 unspecified atom stereocenters. The summed E-state index contributed by atoms with van der Waals surface area (Å²) in [6.07, 6.45) is 6.87. The van der Waals surface area contributed by atoms with Crippen LogP contribution < -0.4 is 5.32 Å². The third-order valence-electron chi connectivity index (χ3n) is 3.47. The molecular weight excluding hydrogens is 220 g/mol. The van der Waals surface area contributed by atoms with Gasteiger partial charge in [-0.05, 0) is 43.4 Å². The smallest absolute Gasteiger partial charge is 0.0621 e. The van der Waals surface area contributed by atoms with Crippen molar-refractivity contribution in [2.45, 2.75) is 33.1 Å². The van der Waals surface area contributed by atoms with Crippen LogP contribution in [0.15, 0.2) is 18.5 Å². The first-order valence-electron chi connectivity index (χ1n) is 5.90. The van der Waals surface area contributed by atoms with E-state index < -0.39 is 0 Å². The van der Waals surface area contributed by atoms with Crippen LogP contribution in [0.1, 0.15) is 32.3 Å². The molecule has 1 N–H and O–H groups in total. The maximum Gasteiger partial charge on any atom is 0.0621 e. The number of hydrogen-bond donors (Lipinski definition) is 1. The molecule has 2 nitrogen and oxygen atoms in total. The van der Waals surface area contributed by atoms with E-state index in [4.69, 9.17) is 11.6 Å². The highest BCUT2D eigenvalue weighted by atomic mass is 35.5. The topological polar surface area (TPSA) is 24.9 Å². The Morgan fingerprint density at radius 1 is 1.38 bits per heavy atom. The molecule has 0 spiro atoms. The standard InChI is InChI=1S/C13H21ClN2/c1-4-13(5-2,10-15-3)8-11-6-7-16-9-12(11)14/h6-7,9,15H,4-5,8,10H2,1-3H3. The van der Waals surface area contributed by atoms with E-state index in [-0.39, 0.29) is 0 Å². The lowest BCUT2D eigenvalue weighted by atomic mass is 9.77. The first kappa shape index (κ1) is 13.5. The lowest BCUT2D eigenvalue weighted by Gasteiger charge is -2.32. The molecule has 0 saturated heterocycles. The Kier molecular flexibility index (Phi) is 5.23. The zero-order valence-corrected chi connectivity index (χ0v) is 11.1. The van der Waals surface area contributed by atoms with E-state index in [1.54, 1.807) is 6.20 Å². The van der Waals surface area contributed by atoms with Gasteiger partial charge >= 0.3 is 0 Å². The fourth-order valence-electron chi connectivity index (χ4n) is 2.14.